The average molecular weight is 260 g/mol. The lowest BCUT2D eigenvalue weighted by atomic mass is 10.3. The van der Waals surface area contributed by atoms with Crippen molar-refractivity contribution in [2.45, 2.75) is 4.90 Å². The summed E-state index contributed by atoms with van der Waals surface area (Å²) >= 11 is 0. The van der Waals surface area contributed by atoms with Gasteiger partial charge in [0, 0.05) is 0 Å². The lowest BCUT2D eigenvalue weighted by molar-refractivity contribution is 0.320. The van der Waals surface area contributed by atoms with Gasteiger partial charge < -0.3 is 4.74 Å². The Morgan fingerprint density at radius 3 is 1.62 bits per heavy atom. The highest BCUT2D eigenvalue weighted by atomic mass is 32.2. The Labute approximate surface area is 87.2 Å². The van der Waals surface area contributed by atoms with Gasteiger partial charge in [-0.1, -0.05) is 0 Å². The zero-order valence-corrected chi connectivity index (χ0v) is 8.41. The second-order valence-corrected chi connectivity index (χ2v) is 3.95. The maximum atomic E-state index is 13.0. The molecule has 90 valence electrons. The first-order chi connectivity index (χ1) is 7.21. The van der Waals surface area contributed by atoms with Crippen LogP contribution >= 0.6 is 0 Å². The molecule has 1 aromatic carbocycles. The molecular weight excluding hydrogens is 256 g/mol. The normalized spacial score (nSPS) is 11.6. The van der Waals surface area contributed by atoms with E-state index in [1.807, 2.05) is 0 Å². The first-order valence-electron chi connectivity index (χ1n) is 3.59. The van der Waals surface area contributed by atoms with Gasteiger partial charge in [-0.05, 0) is 0 Å². The molecule has 0 atom stereocenters. The van der Waals surface area contributed by atoms with E-state index in [0.29, 0.717) is 0 Å². The van der Waals surface area contributed by atoms with E-state index >= 15 is 0 Å². The molecule has 1 aromatic rings. The zero-order valence-electron chi connectivity index (χ0n) is 7.59. The van der Waals surface area contributed by atoms with E-state index < -0.39 is 44.0 Å². The van der Waals surface area contributed by atoms with Gasteiger partial charge in [0.1, 0.15) is 0 Å². The lowest BCUT2D eigenvalue weighted by Gasteiger charge is -2.08. The Balaban J connectivity index is 3.82. The topological polar surface area (TPSA) is 63.6 Å². The van der Waals surface area contributed by atoms with E-state index in [0.717, 1.165) is 7.11 Å². The third-order valence-electron chi connectivity index (χ3n) is 1.64. The summed E-state index contributed by atoms with van der Waals surface area (Å²) in [5.41, 5.74) is 0. The lowest BCUT2D eigenvalue weighted by Crippen LogP contribution is -2.11. The fourth-order valence-electron chi connectivity index (χ4n) is 0.997. The summed E-state index contributed by atoms with van der Waals surface area (Å²) in [7, 11) is -4.69. The highest BCUT2D eigenvalue weighted by molar-refractivity contribution is 7.85. The summed E-state index contributed by atoms with van der Waals surface area (Å²) in [5, 5.41) is 0. The summed E-state index contributed by atoms with van der Waals surface area (Å²) in [6, 6.07) is 0. The van der Waals surface area contributed by atoms with Crippen molar-refractivity contribution in [2.24, 2.45) is 0 Å². The van der Waals surface area contributed by atoms with Crippen LogP contribution < -0.4 is 4.74 Å². The summed E-state index contributed by atoms with van der Waals surface area (Å²) in [6.45, 7) is 0. The molecule has 0 saturated heterocycles. The molecule has 0 bridgehead atoms. The Bertz CT molecular complexity index is 511. The van der Waals surface area contributed by atoms with Gasteiger partial charge in [-0.3, -0.25) is 4.55 Å². The molecule has 4 nitrogen and oxygen atoms in total. The number of methoxy groups -OCH3 is 1. The van der Waals surface area contributed by atoms with Crippen molar-refractivity contribution in [3.63, 3.8) is 0 Å². The predicted octanol–water partition coefficient (Wildman–Crippen LogP) is 1.50. The van der Waals surface area contributed by atoms with Crippen LogP contribution in [0.4, 0.5) is 17.6 Å². The average Bonchev–Trinajstić information content (AvgIpc) is 2.14. The van der Waals surface area contributed by atoms with Crippen molar-refractivity contribution in [3.8, 4) is 5.75 Å². The highest BCUT2D eigenvalue weighted by Gasteiger charge is 2.32. The maximum Gasteiger partial charge on any atom is 0.300 e. The quantitative estimate of drug-likeness (QED) is 0.497. The van der Waals surface area contributed by atoms with Gasteiger partial charge >= 0.3 is 10.1 Å². The smallest absolute Gasteiger partial charge is 0.300 e. The molecular formula is C7H4F4O4S. The first-order valence-corrected chi connectivity index (χ1v) is 5.03. The molecule has 0 aliphatic carbocycles. The van der Waals surface area contributed by atoms with Crippen LogP contribution in [0.3, 0.4) is 0 Å². The molecule has 0 aromatic heterocycles. The Morgan fingerprint density at radius 2 is 1.38 bits per heavy atom. The molecule has 0 fully saturated rings. The first kappa shape index (κ1) is 12.7. The van der Waals surface area contributed by atoms with Crippen molar-refractivity contribution < 1.29 is 35.3 Å². The Hall–Kier alpha value is -1.35. The minimum absolute atomic E-state index is 0.730. The predicted molar refractivity (Wildman–Crippen MR) is 42.6 cm³/mol. The Morgan fingerprint density at radius 1 is 1.00 bits per heavy atom. The molecule has 0 heterocycles. The van der Waals surface area contributed by atoms with E-state index in [9.17, 15) is 26.0 Å². The second-order valence-electron chi connectivity index (χ2n) is 2.59. The van der Waals surface area contributed by atoms with Crippen molar-refractivity contribution >= 4 is 10.1 Å². The SMILES string of the molecule is COc1c(F)c(F)c(S(=O)(=O)O)c(F)c1F. The number of benzene rings is 1. The van der Waals surface area contributed by atoms with Gasteiger partial charge in [0.2, 0.25) is 11.6 Å². The summed E-state index contributed by atoms with van der Waals surface area (Å²) in [6.07, 6.45) is 0. The van der Waals surface area contributed by atoms with Crippen LogP contribution in [0.25, 0.3) is 0 Å². The summed E-state index contributed by atoms with van der Waals surface area (Å²) in [5.74, 6) is -10.0. The van der Waals surface area contributed by atoms with Gasteiger partial charge in [-0.25, -0.2) is 8.78 Å². The Kier molecular flexibility index (Phi) is 3.10. The highest BCUT2D eigenvalue weighted by Crippen LogP contribution is 2.31. The largest absolute Gasteiger partial charge is 0.491 e. The van der Waals surface area contributed by atoms with Gasteiger partial charge in [0.15, 0.2) is 22.3 Å². The molecule has 0 spiro atoms. The van der Waals surface area contributed by atoms with Crippen LogP contribution in [0.2, 0.25) is 0 Å². The molecule has 1 N–H and O–H groups in total. The minimum atomic E-state index is -5.42. The number of halogens is 4. The third kappa shape index (κ3) is 1.83. The number of rotatable bonds is 2. The van der Waals surface area contributed by atoms with Crippen molar-refractivity contribution in [3.05, 3.63) is 23.3 Å². The van der Waals surface area contributed by atoms with Crippen LogP contribution in [0.15, 0.2) is 4.90 Å². The monoisotopic (exact) mass is 260 g/mol. The van der Waals surface area contributed by atoms with Gasteiger partial charge in [0.05, 0.1) is 7.11 Å². The van der Waals surface area contributed by atoms with E-state index in [1.54, 1.807) is 0 Å². The van der Waals surface area contributed by atoms with Crippen LogP contribution in [0.5, 0.6) is 5.75 Å². The molecule has 9 heteroatoms. The van der Waals surface area contributed by atoms with Gasteiger partial charge in [-0.15, -0.1) is 0 Å². The molecule has 0 saturated carbocycles. The van der Waals surface area contributed by atoms with E-state index in [2.05, 4.69) is 4.74 Å². The minimum Gasteiger partial charge on any atom is -0.491 e. The fourth-order valence-corrected chi connectivity index (χ4v) is 1.63. The maximum absolute atomic E-state index is 13.0. The molecule has 0 aliphatic heterocycles. The van der Waals surface area contributed by atoms with Crippen LogP contribution in [0.1, 0.15) is 0 Å². The van der Waals surface area contributed by atoms with E-state index in [4.69, 9.17) is 4.55 Å². The number of ether oxygens (including phenoxy) is 1. The van der Waals surface area contributed by atoms with Crippen LogP contribution in [-0.2, 0) is 10.1 Å². The van der Waals surface area contributed by atoms with Crippen molar-refractivity contribution in [1.29, 1.82) is 0 Å². The van der Waals surface area contributed by atoms with Crippen LogP contribution in [0, 0.1) is 23.3 Å². The van der Waals surface area contributed by atoms with Crippen LogP contribution in [-0.4, -0.2) is 20.1 Å². The fraction of sp³-hybridized carbons (Fsp3) is 0.143. The van der Waals surface area contributed by atoms with E-state index in [-0.39, 0.29) is 0 Å². The zero-order chi connectivity index (χ0) is 12.7. The summed E-state index contributed by atoms with van der Waals surface area (Å²) in [4.78, 5) is -2.09. The summed E-state index contributed by atoms with van der Waals surface area (Å²) < 4.78 is 85.2. The molecule has 0 radical (unpaired) electrons. The second kappa shape index (κ2) is 3.91. The third-order valence-corrected chi connectivity index (χ3v) is 2.52. The van der Waals surface area contributed by atoms with Crippen molar-refractivity contribution in [2.75, 3.05) is 7.11 Å². The van der Waals surface area contributed by atoms with Crippen molar-refractivity contribution in [1.82, 2.24) is 0 Å². The molecule has 0 amide bonds. The number of hydrogen-bond acceptors (Lipinski definition) is 3. The molecule has 1 rings (SSSR count). The van der Waals surface area contributed by atoms with Gasteiger partial charge in [-0.2, -0.15) is 17.2 Å². The standard InChI is InChI=1S/C7H4F4O4S/c1-15-6-2(8)4(10)7(16(12,13)14)5(11)3(6)9/h1H3,(H,12,13,14). The molecule has 0 unspecified atom stereocenters. The molecule has 16 heavy (non-hydrogen) atoms. The van der Waals surface area contributed by atoms with E-state index in [1.165, 1.54) is 0 Å². The number of hydrogen-bond donors (Lipinski definition) is 1. The molecule has 0 aliphatic rings. The van der Waals surface area contributed by atoms with Gasteiger partial charge in [0.25, 0.3) is 0 Å².